The highest BCUT2D eigenvalue weighted by Crippen LogP contribution is 2.11. The molecule has 0 N–H and O–H groups in total. The van der Waals surface area contributed by atoms with Gasteiger partial charge < -0.3 is 14.3 Å². The molecule has 1 aromatic rings. The van der Waals surface area contributed by atoms with Crippen LogP contribution in [0.2, 0.25) is 0 Å². The van der Waals surface area contributed by atoms with Crippen LogP contribution in [0.4, 0.5) is 0 Å². The van der Waals surface area contributed by atoms with Crippen LogP contribution in [-0.2, 0) is 22.6 Å². The van der Waals surface area contributed by atoms with Crippen molar-refractivity contribution in [1.29, 1.82) is 0 Å². The van der Waals surface area contributed by atoms with Gasteiger partial charge in [0.15, 0.2) is 5.82 Å². The summed E-state index contributed by atoms with van der Waals surface area (Å²) in [7, 11) is 0. The maximum atomic E-state index is 12.1. The summed E-state index contributed by atoms with van der Waals surface area (Å²) >= 11 is 0. The predicted molar refractivity (Wildman–Crippen MR) is 102 cm³/mol. The predicted octanol–water partition coefficient (Wildman–Crippen LogP) is 1.56. The number of piperazine rings is 1. The van der Waals surface area contributed by atoms with Gasteiger partial charge in [-0.25, -0.2) is 0 Å². The molecule has 8 heteroatoms. The molecule has 0 saturated carbocycles. The van der Waals surface area contributed by atoms with E-state index in [0.717, 1.165) is 39.3 Å². The van der Waals surface area contributed by atoms with E-state index in [1.165, 1.54) is 0 Å². The Bertz CT molecular complexity index is 604. The lowest BCUT2D eigenvalue weighted by Crippen LogP contribution is -2.48. The van der Waals surface area contributed by atoms with Crippen molar-refractivity contribution in [3.05, 3.63) is 11.7 Å². The van der Waals surface area contributed by atoms with E-state index in [0.29, 0.717) is 43.4 Å². The third-order valence-corrected chi connectivity index (χ3v) is 4.85. The van der Waals surface area contributed by atoms with Gasteiger partial charge in [-0.15, -0.1) is 0 Å². The molecule has 0 bridgehead atoms. The molecule has 1 aromatic heterocycles. The molecule has 1 saturated heterocycles. The van der Waals surface area contributed by atoms with Gasteiger partial charge in [0.25, 0.3) is 0 Å². The zero-order valence-corrected chi connectivity index (χ0v) is 17.1. The minimum Gasteiger partial charge on any atom is -0.343 e. The molecular weight excluding hydrogens is 346 g/mol. The molecule has 0 atom stereocenters. The van der Waals surface area contributed by atoms with E-state index in [1.807, 2.05) is 18.7 Å². The van der Waals surface area contributed by atoms with Gasteiger partial charge in [0.2, 0.25) is 17.7 Å². The van der Waals surface area contributed by atoms with Gasteiger partial charge >= 0.3 is 0 Å². The van der Waals surface area contributed by atoms with E-state index in [1.54, 1.807) is 4.90 Å². The Morgan fingerprint density at radius 1 is 1.15 bits per heavy atom. The maximum absolute atomic E-state index is 12.1. The number of aromatic nitrogens is 2. The largest absolute Gasteiger partial charge is 0.343 e. The zero-order valence-electron chi connectivity index (χ0n) is 17.1. The first-order valence-electron chi connectivity index (χ1n) is 10.0. The van der Waals surface area contributed by atoms with Gasteiger partial charge in [0.05, 0.1) is 6.54 Å². The van der Waals surface area contributed by atoms with E-state index < -0.39 is 0 Å². The standard InChI is InChI=1S/C19H33N5O3/c1-5-23(6-2)18(25)8-7-17-20-16(21-27-17)14-22-9-11-24(12-10-22)19(26)13-15(3)4/h15H,5-14H2,1-4H3. The Morgan fingerprint density at radius 2 is 1.81 bits per heavy atom. The van der Waals surface area contributed by atoms with Gasteiger partial charge in [0.1, 0.15) is 0 Å². The van der Waals surface area contributed by atoms with E-state index in [2.05, 4.69) is 28.9 Å². The number of nitrogens with zero attached hydrogens (tertiary/aromatic N) is 5. The maximum Gasteiger partial charge on any atom is 0.227 e. The summed E-state index contributed by atoms with van der Waals surface area (Å²) in [6.07, 6.45) is 1.47. The molecule has 1 aliphatic heterocycles. The highest BCUT2D eigenvalue weighted by Gasteiger charge is 2.22. The Kier molecular flexibility index (Phi) is 8.22. The molecule has 0 spiro atoms. The fraction of sp³-hybridized carbons (Fsp3) is 0.789. The van der Waals surface area contributed by atoms with Crippen molar-refractivity contribution in [1.82, 2.24) is 24.8 Å². The zero-order chi connectivity index (χ0) is 19.8. The summed E-state index contributed by atoms with van der Waals surface area (Å²) in [4.78, 5) is 34.6. The summed E-state index contributed by atoms with van der Waals surface area (Å²) in [6, 6.07) is 0. The normalized spacial score (nSPS) is 15.4. The fourth-order valence-electron chi connectivity index (χ4n) is 3.24. The van der Waals surface area contributed by atoms with Crippen LogP contribution >= 0.6 is 0 Å². The highest BCUT2D eigenvalue weighted by molar-refractivity contribution is 5.76. The van der Waals surface area contributed by atoms with Gasteiger partial charge in [-0.05, 0) is 19.8 Å². The Hall–Kier alpha value is -1.96. The quantitative estimate of drug-likeness (QED) is 0.648. The van der Waals surface area contributed by atoms with Crippen molar-refractivity contribution in [2.24, 2.45) is 5.92 Å². The van der Waals surface area contributed by atoms with E-state index in [-0.39, 0.29) is 11.8 Å². The van der Waals surface area contributed by atoms with Crippen LogP contribution in [-0.4, -0.2) is 75.9 Å². The molecule has 0 aliphatic carbocycles. The molecule has 2 rings (SSSR count). The first-order chi connectivity index (χ1) is 12.9. The second kappa shape index (κ2) is 10.4. The van der Waals surface area contributed by atoms with Crippen LogP contribution in [0.25, 0.3) is 0 Å². The molecule has 1 aliphatic rings. The second-order valence-electron chi connectivity index (χ2n) is 7.43. The van der Waals surface area contributed by atoms with Crippen molar-refractivity contribution in [2.45, 2.75) is 53.5 Å². The SMILES string of the molecule is CCN(CC)C(=O)CCc1nc(CN2CCN(C(=O)CC(C)C)CC2)no1. The third kappa shape index (κ3) is 6.61. The summed E-state index contributed by atoms with van der Waals surface area (Å²) < 4.78 is 5.28. The molecule has 2 amide bonds. The lowest BCUT2D eigenvalue weighted by molar-refractivity contribution is -0.134. The molecule has 0 radical (unpaired) electrons. The second-order valence-corrected chi connectivity index (χ2v) is 7.43. The number of hydrogen-bond donors (Lipinski definition) is 0. The molecule has 152 valence electrons. The number of hydrogen-bond acceptors (Lipinski definition) is 6. The lowest BCUT2D eigenvalue weighted by Gasteiger charge is -2.34. The number of amides is 2. The first kappa shape index (κ1) is 21.3. The Morgan fingerprint density at radius 3 is 2.41 bits per heavy atom. The van der Waals surface area contributed by atoms with Crippen molar-refractivity contribution >= 4 is 11.8 Å². The van der Waals surface area contributed by atoms with Crippen molar-refractivity contribution < 1.29 is 14.1 Å². The van der Waals surface area contributed by atoms with Gasteiger partial charge in [-0.2, -0.15) is 4.98 Å². The van der Waals surface area contributed by atoms with Crippen molar-refractivity contribution in [3.8, 4) is 0 Å². The summed E-state index contributed by atoms with van der Waals surface area (Å²) in [5, 5.41) is 4.03. The van der Waals surface area contributed by atoms with E-state index >= 15 is 0 Å². The topological polar surface area (TPSA) is 82.8 Å². The van der Waals surface area contributed by atoms with Crippen LogP contribution < -0.4 is 0 Å². The average molecular weight is 380 g/mol. The van der Waals surface area contributed by atoms with Crippen LogP contribution in [0.15, 0.2) is 4.52 Å². The van der Waals surface area contributed by atoms with E-state index in [4.69, 9.17) is 4.52 Å². The minimum atomic E-state index is 0.113. The third-order valence-electron chi connectivity index (χ3n) is 4.85. The molecular formula is C19H33N5O3. The molecule has 2 heterocycles. The number of aryl methyl sites for hydroxylation is 1. The number of carbonyl (C=O) groups is 2. The van der Waals surface area contributed by atoms with Crippen LogP contribution in [0.3, 0.4) is 0 Å². The monoisotopic (exact) mass is 379 g/mol. The smallest absolute Gasteiger partial charge is 0.227 e. The Labute approximate surface area is 161 Å². The highest BCUT2D eigenvalue weighted by atomic mass is 16.5. The number of rotatable bonds is 9. The first-order valence-corrected chi connectivity index (χ1v) is 10.0. The summed E-state index contributed by atoms with van der Waals surface area (Å²) in [5.74, 6) is 1.90. The molecule has 1 fully saturated rings. The van der Waals surface area contributed by atoms with Gasteiger partial charge in [-0.3, -0.25) is 14.5 Å². The summed E-state index contributed by atoms with van der Waals surface area (Å²) in [6.45, 7) is 13.2. The molecule has 0 unspecified atom stereocenters. The van der Waals surface area contributed by atoms with Gasteiger partial charge in [-0.1, -0.05) is 19.0 Å². The molecule has 0 aromatic carbocycles. The molecule has 27 heavy (non-hydrogen) atoms. The van der Waals surface area contributed by atoms with Crippen LogP contribution in [0.1, 0.15) is 52.3 Å². The van der Waals surface area contributed by atoms with Gasteiger partial charge in [0, 0.05) is 58.5 Å². The minimum absolute atomic E-state index is 0.113. The molecule has 8 nitrogen and oxygen atoms in total. The average Bonchev–Trinajstić information content (AvgIpc) is 3.08. The van der Waals surface area contributed by atoms with Crippen molar-refractivity contribution in [2.75, 3.05) is 39.3 Å². The van der Waals surface area contributed by atoms with E-state index in [9.17, 15) is 9.59 Å². The number of carbonyl (C=O) groups excluding carboxylic acids is 2. The summed E-state index contributed by atoms with van der Waals surface area (Å²) in [5.41, 5.74) is 0. The van der Waals surface area contributed by atoms with Crippen LogP contribution in [0.5, 0.6) is 0 Å². The van der Waals surface area contributed by atoms with Crippen LogP contribution in [0, 0.1) is 5.92 Å². The fourth-order valence-corrected chi connectivity index (χ4v) is 3.24. The lowest BCUT2D eigenvalue weighted by atomic mass is 10.1. The van der Waals surface area contributed by atoms with Crippen molar-refractivity contribution in [3.63, 3.8) is 0 Å². The Balaban J connectivity index is 1.75.